The van der Waals surface area contributed by atoms with Crippen LogP contribution in [0.1, 0.15) is 10.4 Å². The number of hydrogen-bond acceptors (Lipinski definition) is 4. The van der Waals surface area contributed by atoms with E-state index >= 15 is 0 Å². The summed E-state index contributed by atoms with van der Waals surface area (Å²) in [5, 5.41) is 2.84. The number of benzene rings is 2. The van der Waals surface area contributed by atoms with Gasteiger partial charge in [0.25, 0.3) is 5.91 Å². The predicted octanol–water partition coefficient (Wildman–Crippen LogP) is 3.02. The van der Waals surface area contributed by atoms with Gasteiger partial charge in [0.2, 0.25) is 0 Å². The minimum atomic E-state index is -0.180. The van der Waals surface area contributed by atoms with E-state index in [1.165, 1.54) is 0 Å². The molecule has 0 saturated heterocycles. The molecule has 5 heteroatoms. The molecule has 0 aliphatic heterocycles. The molecule has 1 amide bonds. The van der Waals surface area contributed by atoms with E-state index in [4.69, 9.17) is 9.47 Å². The highest BCUT2D eigenvalue weighted by Crippen LogP contribution is 2.26. The molecule has 0 aliphatic rings. The molecule has 2 rings (SSSR count). The molecular weight excluding hydrogens is 280 g/mol. The SMILES string of the molecule is COc1cc(NC(=O)c2ccc(N(C)C)cc2)cc(OC)c1. The lowest BCUT2D eigenvalue weighted by Gasteiger charge is -2.13. The van der Waals surface area contributed by atoms with Crippen molar-refractivity contribution in [3.05, 3.63) is 48.0 Å². The maximum Gasteiger partial charge on any atom is 0.255 e. The van der Waals surface area contributed by atoms with Crippen LogP contribution in [0, 0.1) is 0 Å². The van der Waals surface area contributed by atoms with Gasteiger partial charge in [-0.25, -0.2) is 0 Å². The number of methoxy groups -OCH3 is 2. The maximum atomic E-state index is 12.3. The van der Waals surface area contributed by atoms with Gasteiger partial charge < -0.3 is 19.7 Å². The average Bonchev–Trinajstić information content (AvgIpc) is 2.54. The average molecular weight is 300 g/mol. The van der Waals surface area contributed by atoms with Crippen LogP contribution in [-0.4, -0.2) is 34.2 Å². The first kappa shape index (κ1) is 15.7. The zero-order chi connectivity index (χ0) is 16.1. The monoisotopic (exact) mass is 300 g/mol. The fraction of sp³-hybridized carbons (Fsp3) is 0.235. The Morgan fingerprint density at radius 2 is 1.50 bits per heavy atom. The Hall–Kier alpha value is -2.69. The molecule has 0 unspecified atom stereocenters. The number of hydrogen-bond donors (Lipinski definition) is 1. The van der Waals surface area contributed by atoms with Gasteiger partial charge in [0, 0.05) is 49.2 Å². The van der Waals surface area contributed by atoms with Gasteiger partial charge in [-0.1, -0.05) is 0 Å². The van der Waals surface area contributed by atoms with E-state index in [-0.39, 0.29) is 5.91 Å². The number of nitrogens with zero attached hydrogens (tertiary/aromatic N) is 1. The first-order chi connectivity index (χ1) is 10.5. The van der Waals surface area contributed by atoms with Crippen LogP contribution in [0.2, 0.25) is 0 Å². The molecule has 0 saturated carbocycles. The fourth-order valence-corrected chi connectivity index (χ4v) is 1.99. The molecule has 5 nitrogen and oxygen atoms in total. The molecule has 0 bridgehead atoms. The summed E-state index contributed by atoms with van der Waals surface area (Å²) in [6.07, 6.45) is 0. The number of anilines is 2. The van der Waals surface area contributed by atoms with E-state index in [2.05, 4.69) is 5.32 Å². The van der Waals surface area contributed by atoms with Gasteiger partial charge in [0.05, 0.1) is 14.2 Å². The van der Waals surface area contributed by atoms with Crippen LogP contribution in [0.4, 0.5) is 11.4 Å². The lowest BCUT2D eigenvalue weighted by Crippen LogP contribution is -2.13. The number of carbonyl (C=O) groups excluding carboxylic acids is 1. The Morgan fingerprint density at radius 3 is 1.95 bits per heavy atom. The normalized spacial score (nSPS) is 10.0. The number of amides is 1. The molecule has 0 radical (unpaired) electrons. The summed E-state index contributed by atoms with van der Waals surface area (Å²) in [5.74, 6) is 1.07. The summed E-state index contributed by atoms with van der Waals surface area (Å²) in [7, 11) is 7.05. The Balaban J connectivity index is 2.17. The van der Waals surface area contributed by atoms with Crippen molar-refractivity contribution in [1.29, 1.82) is 0 Å². The molecule has 2 aromatic carbocycles. The van der Waals surface area contributed by atoms with E-state index in [1.54, 1.807) is 44.6 Å². The molecular formula is C17H20N2O3. The largest absolute Gasteiger partial charge is 0.497 e. The van der Waals surface area contributed by atoms with Crippen molar-refractivity contribution in [2.75, 3.05) is 38.5 Å². The number of nitrogens with one attached hydrogen (secondary N) is 1. The summed E-state index contributed by atoms with van der Waals surface area (Å²) < 4.78 is 10.4. The summed E-state index contributed by atoms with van der Waals surface area (Å²) in [6, 6.07) is 12.6. The number of carbonyl (C=O) groups is 1. The van der Waals surface area contributed by atoms with Gasteiger partial charge in [-0.05, 0) is 24.3 Å². The minimum Gasteiger partial charge on any atom is -0.497 e. The smallest absolute Gasteiger partial charge is 0.255 e. The molecule has 0 fully saturated rings. The summed E-state index contributed by atoms with van der Waals surface area (Å²) in [6.45, 7) is 0. The van der Waals surface area contributed by atoms with Gasteiger partial charge in [-0.15, -0.1) is 0 Å². The third-order valence-corrected chi connectivity index (χ3v) is 3.26. The first-order valence-corrected chi connectivity index (χ1v) is 6.85. The molecule has 1 N–H and O–H groups in total. The highest BCUT2D eigenvalue weighted by Gasteiger charge is 2.09. The second kappa shape index (κ2) is 6.85. The molecule has 0 spiro atoms. The van der Waals surface area contributed by atoms with Gasteiger partial charge >= 0.3 is 0 Å². The van der Waals surface area contributed by atoms with E-state index in [1.807, 2.05) is 31.1 Å². The molecule has 116 valence electrons. The van der Waals surface area contributed by atoms with Gasteiger partial charge in [0.15, 0.2) is 0 Å². The summed E-state index contributed by atoms with van der Waals surface area (Å²) >= 11 is 0. The Kier molecular flexibility index (Phi) is 4.88. The Bertz CT molecular complexity index is 629. The first-order valence-electron chi connectivity index (χ1n) is 6.85. The lowest BCUT2D eigenvalue weighted by atomic mass is 10.2. The highest BCUT2D eigenvalue weighted by atomic mass is 16.5. The van der Waals surface area contributed by atoms with Gasteiger partial charge in [0.1, 0.15) is 11.5 Å². The highest BCUT2D eigenvalue weighted by molar-refractivity contribution is 6.04. The third-order valence-electron chi connectivity index (χ3n) is 3.26. The van der Waals surface area contributed by atoms with E-state index in [0.717, 1.165) is 5.69 Å². The zero-order valence-electron chi connectivity index (χ0n) is 13.2. The molecule has 0 aromatic heterocycles. The topological polar surface area (TPSA) is 50.8 Å². The van der Waals surface area contributed by atoms with Crippen LogP contribution < -0.4 is 19.7 Å². The summed E-state index contributed by atoms with van der Waals surface area (Å²) in [4.78, 5) is 14.3. The van der Waals surface area contributed by atoms with Crippen molar-refractivity contribution in [1.82, 2.24) is 0 Å². The molecule has 0 heterocycles. The van der Waals surface area contributed by atoms with Crippen LogP contribution >= 0.6 is 0 Å². The van der Waals surface area contributed by atoms with Crippen molar-refractivity contribution in [2.24, 2.45) is 0 Å². The van der Waals surface area contributed by atoms with Crippen molar-refractivity contribution in [2.45, 2.75) is 0 Å². The zero-order valence-corrected chi connectivity index (χ0v) is 13.2. The standard InChI is InChI=1S/C17H20N2O3/c1-19(2)14-7-5-12(6-8-14)17(20)18-13-9-15(21-3)11-16(10-13)22-4/h5-11H,1-4H3,(H,18,20). The fourth-order valence-electron chi connectivity index (χ4n) is 1.99. The van der Waals surface area contributed by atoms with Crippen molar-refractivity contribution >= 4 is 17.3 Å². The number of rotatable bonds is 5. The van der Waals surface area contributed by atoms with Gasteiger partial charge in [-0.3, -0.25) is 4.79 Å². The van der Waals surface area contributed by atoms with E-state index < -0.39 is 0 Å². The van der Waals surface area contributed by atoms with Crippen LogP contribution in [0.3, 0.4) is 0 Å². The molecule has 2 aromatic rings. The third kappa shape index (κ3) is 3.69. The molecule has 0 atom stereocenters. The predicted molar refractivity (Wildman–Crippen MR) is 88.3 cm³/mol. The van der Waals surface area contributed by atoms with Crippen molar-refractivity contribution in [3.8, 4) is 11.5 Å². The Morgan fingerprint density at radius 1 is 0.955 bits per heavy atom. The molecule has 0 aliphatic carbocycles. The van der Waals surface area contributed by atoms with Crippen molar-refractivity contribution < 1.29 is 14.3 Å². The lowest BCUT2D eigenvalue weighted by molar-refractivity contribution is 0.102. The molecule has 22 heavy (non-hydrogen) atoms. The van der Waals surface area contributed by atoms with Crippen LogP contribution in [0.15, 0.2) is 42.5 Å². The van der Waals surface area contributed by atoms with E-state index in [9.17, 15) is 4.79 Å². The van der Waals surface area contributed by atoms with Crippen LogP contribution in [0.5, 0.6) is 11.5 Å². The maximum absolute atomic E-state index is 12.3. The minimum absolute atomic E-state index is 0.180. The van der Waals surface area contributed by atoms with Crippen LogP contribution in [-0.2, 0) is 0 Å². The van der Waals surface area contributed by atoms with E-state index in [0.29, 0.717) is 22.7 Å². The summed E-state index contributed by atoms with van der Waals surface area (Å²) in [5.41, 5.74) is 2.25. The number of ether oxygens (including phenoxy) is 2. The van der Waals surface area contributed by atoms with Crippen LogP contribution in [0.25, 0.3) is 0 Å². The van der Waals surface area contributed by atoms with Gasteiger partial charge in [-0.2, -0.15) is 0 Å². The van der Waals surface area contributed by atoms with Crippen molar-refractivity contribution in [3.63, 3.8) is 0 Å². The second-order valence-corrected chi connectivity index (χ2v) is 5.00. The quantitative estimate of drug-likeness (QED) is 0.922. The Labute approximate surface area is 130 Å². The second-order valence-electron chi connectivity index (χ2n) is 5.00.